The molecule has 0 atom stereocenters. The fraction of sp³-hybridized carbons (Fsp3) is 0.222. The Morgan fingerprint density at radius 2 is 2.14 bits per heavy atom. The molecule has 0 aliphatic heterocycles. The fourth-order valence-electron chi connectivity index (χ4n) is 2.63. The number of anilines is 1. The molecular weight excluding hydrogens is 393 g/mol. The summed E-state index contributed by atoms with van der Waals surface area (Å²) in [5.74, 6) is -0.802. The van der Waals surface area contributed by atoms with Gasteiger partial charge in [-0.05, 0) is 25.1 Å². The minimum Gasteiger partial charge on any atom is -0.483 e. The Kier molecular flexibility index (Phi) is 5.02. The number of hydrogen-bond donors (Lipinski definition) is 1. The standard InChI is InChI=1S/C18H13F3N4O4/c1-9-13(14-16(29-9)23-8-25(2)17(14)27)15(26)24-11-3-4-12(10(5-11)6-22)28-7-18(19,20)21/h3-5,8H,7H2,1-2H3,(H,24,26). The molecule has 3 aromatic rings. The van der Waals surface area contributed by atoms with Gasteiger partial charge in [-0.1, -0.05) is 0 Å². The van der Waals surface area contributed by atoms with Gasteiger partial charge in [0.1, 0.15) is 29.3 Å². The van der Waals surface area contributed by atoms with E-state index >= 15 is 0 Å². The van der Waals surface area contributed by atoms with Crippen molar-refractivity contribution in [3.05, 3.63) is 51.8 Å². The number of aryl methyl sites for hydroxylation is 2. The molecule has 0 spiro atoms. The van der Waals surface area contributed by atoms with Crippen LogP contribution in [-0.4, -0.2) is 28.2 Å². The zero-order valence-electron chi connectivity index (χ0n) is 15.1. The largest absolute Gasteiger partial charge is 0.483 e. The lowest BCUT2D eigenvalue weighted by Gasteiger charge is -2.12. The molecule has 150 valence electrons. The van der Waals surface area contributed by atoms with Crippen molar-refractivity contribution >= 4 is 22.7 Å². The Hall–Kier alpha value is -3.81. The van der Waals surface area contributed by atoms with Gasteiger partial charge in [-0.2, -0.15) is 18.4 Å². The van der Waals surface area contributed by atoms with Gasteiger partial charge < -0.3 is 19.0 Å². The van der Waals surface area contributed by atoms with E-state index in [9.17, 15) is 22.8 Å². The lowest BCUT2D eigenvalue weighted by atomic mass is 10.1. The molecule has 1 aromatic carbocycles. The number of hydrogen-bond acceptors (Lipinski definition) is 6. The van der Waals surface area contributed by atoms with Crippen LogP contribution in [0.4, 0.5) is 18.9 Å². The molecule has 2 heterocycles. The molecular formula is C18H13F3N4O4. The minimum absolute atomic E-state index is 0.00404. The Morgan fingerprint density at radius 1 is 1.41 bits per heavy atom. The fourth-order valence-corrected chi connectivity index (χ4v) is 2.63. The van der Waals surface area contributed by atoms with Gasteiger partial charge in [0.15, 0.2) is 6.61 Å². The molecule has 0 bridgehead atoms. The first kappa shape index (κ1) is 19.9. The summed E-state index contributed by atoms with van der Waals surface area (Å²) in [6.07, 6.45) is -3.30. The molecule has 0 fully saturated rings. The molecule has 0 aliphatic carbocycles. The molecule has 0 unspecified atom stereocenters. The van der Waals surface area contributed by atoms with E-state index in [1.165, 1.54) is 30.9 Å². The van der Waals surface area contributed by atoms with E-state index < -0.39 is 24.2 Å². The monoisotopic (exact) mass is 406 g/mol. The zero-order valence-corrected chi connectivity index (χ0v) is 15.1. The van der Waals surface area contributed by atoms with Crippen LogP contribution < -0.4 is 15.6 Å². The number of benzene rings is 1. The molecule has 11 heteroatoms. The summed E-state index contributed by atoms with van der Waals surface area (Å²) in [4.78, 5) is 29.0. The van der Waals surface area contributed by atoms with Crippen LogP contribution in [0.1, 0.15) is 21.7 Å². The van der Waals surface area contributed by atoms with Gasteiger partial charge in [-0.3, -0.25) is 9.59 Å². The highest BCUT2D eigenvalue weighted by molar-refractivity contribution is 6.12. The van der Waals surface area contributed by atoms with Gasteiger partial charge in [0.2, 0.25) is 5.71 Å². The highest BCUT2D eigenvalue weighted by Gasteiger charge is 2.29. The molecule has 1 amide bonds. The summed E-state index contributed by atoms with van der Waals surface area (Å²) >= 11 is 0. The highest BCUT2D eigenvalue weighted by Crippen LogP contribution is 2.26. The quantitative estimate of drug-likeness (QED) is 0.713. The topological polar surface area (TPSA) is 110 Å². The smallest absolute Gasteiger partial charge is 0.422 e. The van der Waals surface area contributed by atoms with E-state index in [-0.39, 0.29) is 39.4 Å². The van der Waals surface area contributed by atoms with Crippen molar-refractivity contribution in [2.75, 3.05) is 11.9 Å². The van der Waals surface area contributed by atoms with Gasteiger partial charge in [-0.15, -0.1) is 0 Å². The maximum atomic E-state index is 12.7. The summed E-state index contributed by atoms with van der Waals surface area (Å²) in [6, 6.07) is 5.29. The van der Waals surface area contributed by atoms with Gasteiger partial charge in [0.25, 0.3) is 11.5 Å². The number of nitrogens with one attached hydrogen (secondary N) is 1. The molecule has 2 aromatic heterocycles. The van der Waals surface area contributed by atoms with E-state index in [2.05, 4.69) is 15.0 Å². The number of carbonyl (C=O) groups is 1. The van der Waals surface area contributed by atoms with Gasteiger partial charge >= 0.3 is 6.18 Å². The SMILES string of the molecule is Cc1oc2ncn(C)c(=O)c2c1C(=O)Nc1ccc(OCC(F)(F)F)c(C#N)c1. The summed E-state index contributed by atoms with van der Waals surface area (Å²) in [6.45, 7) is -0.0608. The third kappa shape index (κ3) is 4.06. The van der Waals surface area contributed by atoms with Crippen molar-refractivity contribution in [1.82, 2.24) is 9.55 Å². The number of fused-ring (bicyclic) bond motifs is 1. The number of nitriles is 1. The summed E-state index contributed by atoms with van der Waals surface area (Å²) in [7, 11) is 1.47. The van der Waals surface area contributed by atoms with Crippen molar-refractivity contribution in [3.8, 4) is 11.8 Å². The number of aromatic nitrogens is 2. The predicted octanol–water partition coefficient (Wildman–Crippen LogP) is 2.90. The van der Waals surface area contributed by atoms with E-state index in [1.807, 2.05) is 0 Å². The number of ether oxygens (including phenoxy) is 1. The molecule has 29 heavy (non-hydrogen) atoms. The molecule has 0 saturated carbocycles. The molecule has 0 radical (unpaired) electrons. The average molecular weight is 406 g/mol. The van der Waals surface area contributed by atoms with E-state index in [1.54, 1.807) is 6.07 Å². The number of carbonyl (C=O) groups excluding carboxylic acids is 1. The second-order valence-electron chi connectivity index (χ2n) is 6.05. The first-order chi connectivity index (χ1) is 13.6. The lowest BCUT2D eigenvalue weighted by molar-refractivity contribution is -0.153. The van der Waals surface area contributed by atoms with E-state index in [0.717, 1.165) is 12.1 Å². The van der Waals surface area contributed by atoms with Crippen LogP contribution in [-0.2, 0) is 7.05 Å². The number of halogens is 3. The molecule has 0 saturated heterocycles. The Labute approximate surface area is 161 Å². The Balaban J connectivity index is 1.91. The van der Waals surface area contributed by atoms with Crippen molar-refractivity contribution in [3.63, 3.8) is 0 Å². The van der Waals surface area contributed by atoms with Crippen LogP contribution in [0, 0.1) is 18.3 Å². The highest BCUT2D eigenvalue weighted by atomic mass is 19.4. The number of nitrogens with zero attached hydrogens (tertiary/aromatic N) is 3. The second kappa shape index (κ2) is 7.31. The normalized spacial score (nSPS) is 11.3. The third-order valence-corrected chi connectivity index (χ3v) is 3.92. The maximum absolute atomic E-state index is 12.7. The van der Waals surface area contributed by atoms with Crippen molar-refractivity contribution in [2.24, 2.45) is 7.05 Å². The van der Waals surface area contributed by atoms with Crippen LogP contribution >= 0.6 is 0 Å². The van der Waals surface area contributed by atoms with Crippen molar-refractivity contribution in [1.29, 1.82) is 5.26 Å². The minimum atomic E-state index is -4.56. The summed E-state index contributed by atoms with van der Waals surface area (Å²) < 4.78 is 48.1. The van der Waals surface area contributed by atoms with Gasteiger partial charge in [-0.25, -0.2) is 4.98 Å². The molecule has 3 rings (SSSR count). The van der Waals surface area contributed by atoms with Crippen molar-refractivity contribution < 1.29 is 27.1 Å². The van der Waals surface area contributed by atoms with E-state index in [4.69, 9.17) is 9.68 Å². The molecule has 0 aliphatic rings. The number of furan rings is 1. The number of rotatable bonds is 4. The van der Waals surface area contributed by atoms with Crippen molar-refractivity contribution in [2.45, 2.75) is 13.1 Å². The second-order valence-corrected chi connectivity index (χ2v) is 6.05. The summed E-state index contributed by atoms with van der Waals surface area (Å²) in [5.41, 5.74) is -0.571. The van der Waals surface area contributed by atoms with Crippen LogP contribution in [0.3, 0.4) is 0 Å². The van der Waals surface area contributed by atoms with E-state index in [0.29, 0.717) is 0 Å². The van der Waals surface area contributed by atoms with Gasteiger partial charge in [0.05, 0.1) is 11.1 Å². The first-order valence-corrected chi connectivity index (χ1v) is 8.10. The summed E-state index contributed by atoms with van der Waals surface area (Å²) in [5, 5.41) is 11.6. The molecule has 1 N–H and O–H groups in total. The third-order valence-electron chi connectivity index (χ3n) is 3.92. The lowest BCUT2D eigenvalue weighted by Crippen LogP contribution is -2.21. The Morgan fingerprint density at radius 3 is 2.79 bits per heavy atom. The zero-order chi connectivity index (χ0) is 21.3. The van der Waals surface area contributed by atoms with Crippen LogP contribution in [0.2, 0.25) is 0 Å². The maximum Gasteiger partial charge on any atom is 0.422 e. The van der Waals surface area contributed by atoms with Gasteiger partial charge in [0, 0.05) is 12.7 Å². The Bertz CT molecular complexity index is 1200. The van der Waals surface area contributed by atoms with Crippen LogP contribution in [0.15, 0.2) is 33.7 Å². The first-order valence-electron chi connectivity index (χ1n) is 8.10. The van der Waals surface area contributed by atoms with Crippen LogP contribution in [0.5, 0.6) is 5.75 Å². The molecule has 8 nitrogen and oxygen atoms in total. The number of alkyl halides is 3. The van der Waals surface area contributed by atoms with Crippen LogP contribution in [0.25, 0.3) is 11.1 Å². The predicted molar refractivity (Wildman–Crippen MR) is 94.6 cm³/mol. The number of amides is 1. The average Bonchev–Trinajstić information content (AvgIpc) is 2.99.